The summed E-state index contributed by atoms with van der Waals surface area (Å²) in [4.78, 5) is 0. The van der Waals surface area contributed by atoms with Gasteiger partial charge in [0, 0.05) is 0 Å². The van der Waals surface area contributed by atoms with Crippen molar-refractivity contribution in [3.05, 3.63) is 0 Å². The maximum Gasteiger partial charge on any atom is 0.112 e. The molecule has 1 fully saturated rings. The third-order valence-electron chi connectivity index (χ3n) is 1.36. The highest BCUT2D eigenvalue weighted by molar-refractivity contribution is 4.81. The molecule has 1 heterocycles. The Kier molecular flexibility index (Phi) is 2.05. The van der Waals surface area contributed by atoms with Crippen LogP contribution < -0.4 is 0 Å². The average Bonchev–Trinajstić information content (AvgIpc) is 1.79. The van der Waals surface area contributed by atoms with Gasteiger partial charge in [-0.1, -0.05) is 0 Å². The number of hydrogen-bond acceptors (Lipinski definition) is 3. The zero-order valence-corrected chi connectivity index (χ0v) is 5.59. The standard InChI is InChI=1S/C6H12O3/c1-6(4-8-5-6)9-3-2-7/h7H,2-5H2,1H3. The summed E-state index contributed by atoms with van der Waals surface area (Å²) in [5.74, 6) is 0. The molecular weight excluding hydrogens is 120 g/mol. The second-order valence-corrected chi connectivity index (χ2v) is 2.51. The molecular formula is C6H12O3. The van der Waals surface area contributed by atoms with E-state index in [-0.39, 0.29) is 12.2 Å². The fraction of sp³-hybridized carbons (Fsp3) is 1.00. The molecule has 1 rings (SSSR count). The molecule has 1 aliphatic rings. The van der Waals surface area contributed by atoms with Crippen molar-refractivity contribution >= 4 is 0 Å². The Bertz CT molecular complexity index is 88.3. The molecule has 54 valence electrons. The summed E-state index contributed by atoms with van der Waals surface area (Å²) >= 11 is 0. The first-order valence-electron chi connectivity index (χ1n) is 3.09. The molecule has 0 aromatic heterocycles. The minimum atomic E-state index is -0.108. The second-order valence-electron chi connectivity index (χ2n) is 2.51. The van der Waals surface area contributed by atoms with E-state index >= 15 is 0 Å². The minimum absolute atomic E-state index is 0.0928. The van der Waals surface area contributed by atoms with Gasteiger partial charge < -0.3 is 14.6 Å². The van der Waals surface area contributed by atoms with Gasteiger partial charge in [-0.05, 0) is 6.92 Å². The Hall–Kier alpha value is -0.120. The van der Waals surface area contributed by atoms with Crippen LogP contribution >= 0.6 is 0 Å². The van der Waals surface area contributed by atoms with Crippen molar-refractivity contribution in [1.82, 2.24) is 0 Å². The second kappa shape index (κ2) is 2.64. The Morgan fingerprint density at radius 3 is 2.67 bits per heavy atom. The van der Waals surface area contributed by atoms with Crippen LogP contribution in [0.1, 0.15) is 6.92 Å². The molecule has 0 amide bonds. The third-order valence-corrected chi connectivity index (χ3v) is 1.36. The quantitative estimate of drug-likeness (QED) is 0.577. The monoisotopic (exact) mass is 132 g/mol. The molecule has 1 N–H and O–H groups in total. The van der Waals surface area contributed by atoms with Crippen LogP contribution in [0.25, 0.3) is 0 Å². The highest BCUT2D eigenvalue weighted by Crippen LogP contribution is 2.19. The van der Waals surface area contributed by atoms with Crippen molar-refractivity contribution in [2.24, 2.45) is 0 Å². The van der Waals surface area contributed by atoms with E-state index < -0.39 is 0 Å². The number of ether oxygens (including phenoxy) is 2. The zero-order chi connectivity index (χ0) is 6.74. The summed E-state index contributed by atoms with van der Waals surface area (Å²) < 4.78 is 10.2. The lowest BCUT2D eigenvalue weighted by molar-refractivity contribution is -0.201. The lowest BCUT2D eigenvalue weighted by atomic mass is 10.1. The lowest BCUT2D eigenvalue weighted by Gasteiger charge is -2.37. The minimum Gasteiger partial charge on any atom is -0.394 e. The first kappa shape index (κ1) is 6.99. The Balaban J connectivity index is 2.09. The van der Waals surface area contributed by atoms with Gasteiger partial charge in [0.2, 0.25) is 0 Å². The maximum atomic E-state index is 8.38. The molecule has 0 bridgehead atoms. The van der Waals surface area contributed by atoms with E-state index in [4.69, 9.17) is 14.6 Å². The van der Waals surface area contributed by atoms with Crippen LogP contribution in [0.3, 0.4) is 0 Å². The SMILES string of the molecule is CC1(OCCO)COC1. The van der Waals surface area contributed by atoms with Crippen molar-refractivity contribution in [2.45, 2.75) is 12.5 Å². The molecule has 3 heteroatoms. The van der Waals surface area contributed by atoms with E-state index in [1.54, 1.807) is 0 Å². The van der Waals surface area contributed by atoms with Crippen LogP contribution in [0, 0.1) is 0 Å². The summed E-state index contributed by atoms with van der Waals surface area (Å²) in [7, 11) is 0. The van der Waals surface area contributed by atoms with Crippen LogP contribution in [0.4, 0.5) is 0 Å². The maximum absolute atomic E-state index is 8.38. The fourth-order valence-corrected chi connectivity index (χ4v) is 0.765. The summed E-state index contributed by atoms with van der Waals surface area (Å²) in [6, 6.07) is 0. The number of hydrogen-bond donors (Lipinski definition) is 1. The molecule has 1 saturated heterocycles. The van der Waals surface area contributed by atoms with Crippen LogP contribution in [-0.2, 0) is 9.47 Å². The van der Waals surface area contributed by atoms with Crippen molar-refractivity contribution in [3.63, 3.8) is 0 Å². The van der Waals surface area contributed by atoms with Gasteiger partial charge in [0.25, 0.3) is 0 Å². The highest BCUT2D eigenvalue weighted by atomic mass is 16.6. The fourth-order valence-electron chi connectivity index (χ4n) is 0.765. The third kappa shape index (κ3) is 1.64. The van der Waals surface area contributed by atoms with Crippen molar-refractivity contribution in [2.75, 3.05) is 26.4 Å². The Labute approximate surface area is 54.6 Å². The summed E-state index contributed by atoms with van der Waals surface area (Å²) in [6.45, 7) is 3.81. The molecule has 0 aromatic carbocycles. The molecule has 0 spiro atoms. The molecule has 3 nitrogen and oxygen atoms in total. The van der Waals surface area contributed by atoms with Crippen molar-refractivity contribution in [1.29, 1.82) is 0 Å². The van der Waals surface area contributed by atoms with E-state index in [1.807, 2.05) is 6.92 Å². The molecule has 9 heavy (non-hydrogen) atoms. The van der Waals surface area contributed by atoms with Gasteiger partial charge >= 0.3 is 0 Å². The molecule has 0 unspecified atom stereocenters. The smallest absolute Gasteiger partial charge is 0.112 e. The first-order valence-corrected chi connectivity index (χ1v) is 3.09. The van der Waals surface area contributed by atoms with Gasteiger partial charge in [-0.3, -0.25) is 0 Å². The normalized spacial score (nSPS) is 23.3. The van der Waals surface area contributed by atoms with Gasteiger partial charge in [-0.2, -0.15) is 0 Å². The van der Waals surface area contributed by atoms with Crippen molar-refractivity contribution < 1.29 is 14.6 Å². The van der Waals surface area contributed by atoms with Crippen molar-refractivity contribution in [3.8, 4) is 0 Å². The van der Waals surface area contributed by atoms with Gasteiger partial charge in [0.1, 0.15) is 5.60 Å². The molecule has 0 aliphatic carbocycles. The summed E-state index contributed by atoms with van der Waals surface area (Å²) in [5, 5.41) is 8.38. The van der Waals surface area contributed by atoms with Crippen LogP contribution in [0.2, 0.25) is 0 Å². The number of aliphatic hydroxyl groups is 1. The van der Waals surface area contributed by atoms with E-state index in [0.29, 0.717) is 19.8 Å². The van der Waals surface area contributed by atoms with E-state index in [0.717, 1.165) is 0 Å². The lowest BCUT2D eigenvalue weighted by Crippen LogP contribution is -2.49. The predicted molar refractivity (Wildman–Crippen MR) is 32.3 cm³/mol. The number of aliphatic hydroxyl groups excluding tert-OH is 1. The van der Waals surface area contributed by atoms with E-state index in [9.17, 15) is 0 Å². The molecule has 0 atom stereocenters. The van der Waals surface area contributed by atoms with E-state index in [1.165, 1.54) is 0 Å². The van der Waals surface area contributed by atoms with E-state index in [2.05, 4.69) is 0 Å². The topological polar surface area (TPSA) is 38.7 Å². The Morgan fingerprint density at radius 2 is 2.33 bits per heavy atom. The van der Waals surface area contributed by atoms with Gasteiger partial charge in [-0.25, -0.2) is 0 Å². The highest BCUT2D eigenvalue weighted by Gasteiger charge is 2.33. The predicted octanol–water partition coefficient (Wildman–Crippen LogP) is -0.216. The van der Waals surface area contributed by atoms with Gasteiger partial charge in [-0.15, -0.1) is 0 Å². The van der Waals surface area contributed by atoms with Gasteiger partial charge in [0.15, 0.2) is 0 Å². The zero-order valence-electron chi connectivity index (χ0n) is 5.59. The molecule has 0 radical (unpaired) electrons. The average molecular weight is 132 g/mol. The largest absolute Gasteiger partial charge is 0.394 e. The molecule has 0 saturated carbocycles. The van der Waals surface area contributed by atoms with Crippen LogP contribution in [0.5, 0.6) is 0 Å². The van der Waals surface area contributed by atoms with Crippen LogP contribution in [0.15, 0.2) is 0 Å². The Morgan fingerprint density at radius 1 is 1.67 bits per heavy atom. The molecule has 0 aromatic rings. The summed E-state index contributed by atoms with van der Waals surface area (Å²) in [6.07, 6.45) is 0. The first-order chi connectivity index (χ1) is 4.27. The van der Waals surface area contributed by atoms with Gasteiger partial charge in [0.05, 0.1) is 26.4 Å². The molecule has 1 aliphatic heterocycles. The summed E-state index contributed by atoms with van der Waals surface area (Å²) in [5.41, 5.74) is -0.108. The van der Waals surface area contributed by atoms with Crippen LogP contribution in [-0.4, -0.2) is 37.1 Å². The number of rotatable bonds is 3.